The van der Waals surface area contributed by atoms with E-state index in [0.717, 1.165) is 0 Å². The molecule has 1 atom stereocenters. The number of hydrogen-bond acceptors (Lipinski definition) is 2. The Bertz CT molecular complexity index is 72.6. The van der Waals surface area contributed by atoms with Crippen LogP contribution < -0.4 is 11.3 Å². The van der Waals surface area contributed by atoms with Crippen LogP contribution in [0.5, 0.6) is 0 Å². The lowest BCUT2D eigenvalue weighted by molar-refractivity contribution is 0.584. The number of hydrogen-bond donors (Lipinski definition) is 2. The quantitative estimate of drug-likeness (QED) is 0.286. The minimum Gasteiger partial charge on any atom is -0.271 e. The maximum Gasteiger partial charge on any atom is 0.0291 e. The van der Waals surface area contributed by atoms with Gasteiger partial charge in [-0.2, -0.15) is 0 Å². The second kappa shape index (κ2) is 3.66. The fraction of sp³-hybridized carbons (Fsp3) is 0.600. The van der Waals surface area contributed by atoms with Crippen LogP contribution in [0.25, 0.3) is 0 Å². The second-order valence-electron chi connectivity index (χ2n) is 1.48. The van der Waals surface area contributed by atoms with Gasteiger partial charge in [-0.05, 0) is 6.92 Å². The molecule has 0 rings (SSSR count). The van der Waals surface area contributed by atoms with Gasteiger partial charge in [0.2, 0.25) is 0 Å². The summed E-state index contributed by atoms with van der Waals surface area (Å²) < 4.78 is 0. The molecule has 0 fully saturated rings. The predicted molar refractivity (Wildman–Crippen MR) is 30.2 cm³/mol. The Morgan fingerprint density at radius 3 is 2.71 bits per heavy atom. The van der Waals surface area contributed by atoms with E-state index in [-0.39, 0.29) is 6.04 Å². The van der Waals surface area contributed by atoms with Crippen molar-refractivity contribution in [1.29, 1.82) is 0 Å². The number of nitrogens with two attached hydrogens (primary N) is 1. The summed E-state index contributed by atoms with van der Waals surface area (Å²) in [5.41, 5.74) is 2.52. The minimum atomic E-state index is 0.241. The fourth-order valence-electron chi connectivity index (χ4n) is 0.236. The van der Waals surface area contributed by atoms with E-state index in [2.05, 4.69) is 11.3 Å². The molecule has 0 aliphatic rings. The molecular weight excluding hydrogens is 88.1 g/mol. The summed E-state index contributed by atoms with van der Waals surface area (Å²) in [6, 6.07) is 0.241. The van der Waals surface area contributed by atoms with Crippen molar-refractivity contribution in [3.05, 3.63) is 0 Å². The van der Waals surface area contributed by atoms with E-state index in [1.807, 2.05) is 6.92 Å². The molecule has 0 aromatic carbocycles. The lowest BCUT2D eigenvalue weighted by atomic mass is 10.3. The zero-order chi connectivity index (χ0) is 5.70. The normalized spacial score (nSPS) is 12.7. The first-order chi connectivity index (χ1) is 3.31. The van der Waals surface area contributed by atoms with Crippen LogP contribution in [0.3, 0.4) is 0 Å². The van der Waals surface area contributed by atoms with Gasteiger partial charge in [0.1, 0.15) is 0 Å². The molecule has 0 heterocycles. The summed E-state index contributed by atoms with van der Waals surface area (Å²) in [5.74, 6) is 7.49. The summed E-state index contributed by atoms with van der Waals surface area (Å²) in [4.78, 5) is 0. The summed E-state index contributed by atoms with van der Waals surface area (Å²) >= 11 is 0. The van der Waals surface area contributed by atoms with Crippen molar-refractivity contribution in [2.45, 2.75) is 19.4 Å². The third kappa shape index (κ3) is 3.31. The average Bonchev–Trinajstić information content (AvgIpc) is 1.68. The largest absolute Gasteiger partial charge is 0.271 e. The molecular formula is C5H10N2. The maximum atomic E-state index is 5.01. The van der Waals surface area contributed by atoms with Gasteiger partial charge < -0.3 is 0 Å². The van der Waals surface area contributed by atoms with Gasteiger partial charge >= 0.3 is 0 Å². The third-order valence-corrected chi connectivity index (χ3v) is 0.709. The molecule has 0 saturated carbocycles. The van der Waals surface area contributed by atoms with Crippen molar-refractivity contribution in [2.75, 3.05) is 0 Å². The molecule has 2 nitrogen and oxygen atoms in total. The highest BCUT2D eigenvalue weighted by molar-refractivity contribution is 4.87. The highest BCUT2D eigenvalue weighted by atomic mass is 15.2. The number of rotatable bonds is 2. The van der Waals surface area contributed by atoms with Crippen LogP contribution in [0.15, 0.2) is 0 Å². The summed E-state index contributed by atoms with van der Waals surface area (Å²) in [6.45, 7) is 1.93. The Kier molecular flexibility index (Phi) is 3.39. The van der Waals surface area contributed by atoms with Crippen molar-refractivity contribution in [3.63, 3.8) is 0 Å². The number of nitrogens with one attached hydrogen (secondary N) is 1. The third-order valence-electron chi connectivity index (χ3n) is 0.709. The Labute approximate surface area is 44.1 Å². The molecule has 3 N–H and O–H groups in total. The molecule has 0 bridgehead atoms. The van der Waals surface area contributed by atoms with Crippen molar-refractivity contribution in [1.82, 2.24) is 5.43 Å². The van der Waals surface area contributed by atoms with Crippen LogP contribution >= 0.6 is 0 Å². The Hall–Kier alpha value is -0.520. The first-order valence-electron chi connectivity index (χ1n) is 2.21. The molecule has 0 aromatic heterocycles. The van der Waals surface area contributed by atoms with Gasteiger partial charge in [-0.3, -0.25) is 11.3 Å². The average molecular weight is 98.1 g/mol. The minimum absolute atomic E-state index is 0.241. The number of hydrazine groups is 1. The molecule has 0 aliphatic carbocycles. The molecule has 0 saturated heterocycles. The number of terminal acetylenes is 1. The van der Waals surface area contributed by atoms with Gasteiger partial charge in [0.05, 0.1) is 0 Å². The smallest absolute Gasteiger partial charge is 0.0291 e. The molecule has 0 spiro atoms. The molecule has 7 heavy (non-hydrogen) atoms. The van der Waals surface area contributed by atoms with Crippen LogP contribution in [-0.2, 0) is 0 Å². The van der Waals surface area contributed by atoms with Gasteiger partial charge in [0.25, 0.3) is 0 Å². The molecule has 2 heteroatoms. The molecule has 0 aromatic rings. The van der Waals surface area contributed by atoms with Crippen LogP contribution in [-0.4, -0.2) is 6.04 Å². The van der Waals surface area contributed by atoms with Gasteiger partial charge in [0, 0.05) is 12.5 Å². The second-order valence-corrected chi connectivity index (χ2v) is 1.48. The summed E-state index contributed by atoms with van der Waals surface area (Å²) in [7, 11) is 0. The molecule has 0 radical (unpaired) electrons. The van der Waals surface area contributed by atoms with E-state index in [4.69, 9.17) is 12.3 Å². The van der Waals surface area contributed by atoms with Crippen LogP contribution in [0, 0.1) is 12.3 Å². The van der Waals surface area contributed by atoms with Gasteiger partial charge in [-0.25, -0.2) is 0 Å². The van der Waals surface area contributed by atoms with E-state index in [1.165, 1.54) is 0 Å². The van der Waals surface area contributed by atoms with Crippen molar-refractivity contribution < 1.29 is 0 Å². The topological polar surface area (TPSA) is 38.0 Å². The Balaban J connectivity index is 3.03. The molecule has 0 aliphatic heterocycles. The van der Waals surface area contributed by atoms with E-state index in [0.29, 0.717) is 6.42 Å². The lowest BCUT2D eigenvalue weighted by Crippen LogP contribution is -2.31. The molecule has 0 amide bonds. The van der Waals surface area contributed by atoms with Gasteiger partial charge in [-0.15, -0.1) is 12.3 Å². The highest BCUT2D eigenvalue weighted by Crippen LogP contribution is 1.81. The summed E-state index contributed by atoms with van der Waals surface area (Å²) in [5, 5.41) is 0. The van der Waals surface area contributed by atoms with Crippen molar-refractivity contribution in [3.8, 4) is 12.3 Å². The van der Waals surface area contributed by atoms with Crippen LogP contribution in [0.2, 0.25) is 0 Å². The first-order valence-corrected chi connectivity index (χ1v) is 2.21. The van der Waals surface area contributed by atoms with Crippen molar-refractivity contribution >= 4 is 0 Å². The van der Waals surface area contributed by atoms with E-state index < -0.39 is 0 Å². The molecule has 1 unspecified atom stereocenters. The first kappa shape index (κ1) is 6.48. The zero-order valence-electron chi connectivity index (χ0n) is 4.44. The van der Waals surface area contributed by atoms with Crippen LogP contribution in [0.4, 0.5) is 0 Å². The lowest BCUT2D eigenvalue weighted by Gasteiger charge is -2.01. The summed E-state index contributed by atoms with van der Waals surface area (Å²) in [6.07, 6.45) is 5.65. The molecule has 40 valence electrons. The standard InChI is InChI=1S/C5H10N2/c1-3-4-5(2)7-6/h1,5,7H,4,6H2,2H3. The highest BCUT2D eigenvalue weighted by Gasteiger charge is 1.90. The van der Waals surface area contributed by atoms with Gasteiger partial charge in [-0.1, -0.05) is 0 Å². The Morgan fingerprint density at radius 2 is 2.57 bits per heavy atom. The zero-order valence-corrected chi connectivity index (χ0v) is 4.44. The van der Waals surface area contributed by atoms with Crippen LogP contribution in [0.1, 0.15) is 13.3 Å². The van der Waals surface area contributed by atoms with E-state index in [1.54, 1.807) is 0 Å². The maximum absolute atomic E-state index is 5.01. The monoisotopic (exact) mass is 98.1 g/mol. The SMILES string of the molecule is C#CCC(C)NN. The Morgan fingerprint density at radius 1 is 2.00 bits per heavy atom. The van der Waals surface area contributed by atoms with E-state index >= 15 is 0 Å². The fourth-order valence-corrected chi connectivity index (χ4v) is 0.236. The predicted octanol–water partition coefficient (Wildman–Crippen LogP) is -0.138. The van der Waals surface area contributed by atoms with E-state index in [9.17, 15) is 0 Å². The van der Waals surface area contributed by atoms with Gasteiger partial charge in [0.15, 0.2) is 0 Å². The van der Waals surface area contributed by atoms with Crippen molar-refractivity contribution in [2.24, 2.45) is 5.84 Å².